The fourth-order valence-electron chi connectivity index (χ4n) is 3.44. The summed E-state index contributed by atoms with van der Waals surface area (Å²) in [6.45, 7) is 9.44. The highest BCUT2D eigenvalue weighted by Gasteiger charge is 2.47. The summed E-state index contributed by atoms with van der Waals surface area (Å²) in [5.41, 5.74) is 5.90. The van der Waals surface area contributed by atoms with Gasteiger partial charge in [-0.25, -0.2) is 0 Å². The molecule has 0 radical (unpaired) electrons. The fraction of sp³-hybridized carbons (Fsp3) is 0.923. The molecule has 1 aliphatic carbocycles. The van der Waals surface area contributed by atoms with Crippen molar-refractivity contribution in [1.29, 1.82) is 0 Å². The smallest absolute Gasteiger partial charge is 0.303 e. The molecule has 3 heteroatoms. The number of carboxylic acid groups (broad SMARTS) is 1. The highest BCUT2D eigenvalue weighted by atomic mass is 16.4. The predicted molar refractivity (Wildman–Crippen MR) is 65.1 cm³/mol. The summed E-state index contributed by atoms with van der Waals surface area (Å²) >= 11 is 0. The molecule has 1 fully saturated rings. The highest BCUT2D eigenvalue weighted by molar-refractivity contribution is 5.67. The van der Waals surface area contributed by atoms with E-state index in [1.807, 2.05) is 0 Å². The summed E-state index contributed by atoms with van der Waals surface area (Å²) in [7, 11) is 0. The summed E-state index contributed by atoms with van der Waals surface area (Å²) in [5.74, 6) is 0.436. The third-order valence-corrected chi connectivity index (χ3v) is 4.17. The molecule has 0 aromatic heterocycles. The second kappa shape index (κ2) is 4.36. The molecule has 0 amide bonds. The maximum atomic E-state index is 10.9. The Kier molecular flexibility index (Phi) is 3.68. The van der Waals surface area contributed by atoms with Gasteiger partial charge in [0.15, 0.2) is 0 Å². The standard InChI is InChI=1S/C13H25NO2/c1-9-5-13(8-14,7-11(15)16)6-10(9)12(2,3)4/h9-10H,5-8,14H2,1-4H3,(H,15,16)/t9-,10+,13+/m1/s1. The van der Waals surface area contributed by atoms with Crippen molar-refractivity contribution < 1.29 is 9.90 Å². The lowest BCUT2D eigenvalue weighted by Gasteiger charge is -2.32. The van der Waals surface area contributed by atoms with Gasteiger partial charge in [0, 0.05) is 0 Å². The molecule has 0 saturated heterocycles. The van der Waals surface area contributed by atoms with E-state index < -0.39 is 5.97 Å². The topological polar surface area (TPSA) is 63.3 Å². The molecule has 94 valence electrons. The van der Waals surface area contributed by atoms with E-state index in [1.165, 1.54) is 0 Å². The Bertz CT molecular complexity index is 270. The zero-order valence-corrected chi connectivity index (χ0v) is 10.9. The van der Waals surface area contributed by atoms with E-state index in [4.69, 9.17) is 10.8 Å². The zero-order valence-electron chi connectivity index (χ0n) is 10.9. The first-order valence-corrected chi connectivity index (χ1v) is 6.12. The van der Waals surface area contributed by atoms with Gasteiger partial charge >= 0.3 is 5.97 Å². The Balaban J connectivity index is 2.83. The number of aliphatic carboxylic acids is 1. The second-order valence-corrected chi connectivity index (χ2v) is 6.63. The van der Waals surface area contributed by atoms with Crippen LogP contribution in [0.15, 0.2) is 0 Å². The van der Waals surface area contributed by atoms with Crippen LogP contribution in [0, 0.1) is 22.7 Å². The van der Waals surface area contributed by atoms with E-state index in [2.05, 4.69) is 27.7 Å². The minimum Gasteiger partial charge on any atom is -0.481 e. The van der Waals surface area contributed by atoms with Crippen molar-refractivity contribution in [2.45, 2.75) is 47.0 Å². The first kappa shape index (κ1) is 13.5. The largest absolute Gasteiger partial charge is 0.481 e. The Hall–Kier alpha value is -0.570. The van der Waals surface area contributed by atoms with Crippen LogP contribution in [-0.4, -0.2) is 17.6 Å². The average Bonchev–Trinajstić information content (AvgIpc) is 2.42. The normalized spacial score (nSPS) is 35.3. The Morgan fingerprint density at radius 1 is 1.44 bits per heavy atom. The molecule has 1 saturated carbocycles. The molecule has 0 aromatic rings. The van der Waals surface area contributed by atoms with Crippen molar-refractivity contribution in [2.24, 2.45) is 28.4 Å². The fourth-order valence-corrected chi connectivity index (χ4v) is 3.44. The quantitative estimate of drug-likeness (QED) is 0.778. The van der Waals surface area contributed by atoms with Crippen molar-refractivity contribution in [2.75, 3.05) is 6.54 Å². The molecule has 0 aliphatic heterocycles. The lowest BCUT2D eigenvalue weighted by Crippen LogP contribution is -2.31. The third kappa shape index (κ3) is 2.76. The Labute approximate surface area is 98.4 Å². The summed E-state index contributed by atoms with van der Waals surface area (Å²) in [4.78, 5) is 10.9. The number of rotatable bonds is 3. The first-order valence-electron chi connectivity index (χ1n) is 6.12. The van der Waals surface area contributed by atoms with Gasteiger partial charge in [-0.3, -0.25) is 4.79 Å². The van der Waals surface area contributed by atoms with Gasteiger partial charge in [-0.1, -0.05) is 27.7 Å². The number of hydrogen-bond donors (Lipinski definition) is 2. The van der Waals surface area contributed by atoms with Crippen LogP contribution < -0.4 is 5.73 Å². The predicted octanol–water partition coefficient (Wildman–Crippen LogP) is 2.50. The van der Waals surface area contributed by atoms with E-state index in [-0.39, 0.29) is 17.3 Å². The van der Waals surface area contributed by atoms with Gasteiger partial charge in [-0.2, -0.15) is 0 Å². The number of hydrogen-bond acceptors (Lipinski definition) is 2. The van der Waals surface area contributed by atoms with Gasteiger partial charge in [-0.15, -0.1) is 0 Å². The zero-order chi connectivity index (χ0) is 12.6. The Morgan fingerprint density at radius 2 is 2.00 bits per heavy atom. The van der Waals surface area contributed by atoms with Crippen LogP contribution >= 0.6 is 0 Å². The monoisotopic (exact) mass is 227 g/mol. The molecule has 3 N–H and O–H groups in total. The molecular formula is C13H25NO2. The maximum Gasteiger partial charge on any atom is 0.303 e. The van der Waals surface area contributed by atoms with Crippen LogP contribution in [0.5, 0.6) is 0 Å². The summed E-state index contributed by atoms with van der Waals surface area (Å²) in [5, 5.41) is 8.99. The van der Waals surface area contributed by atoms with Gasteiger partial charge < -0.3 is 10.8 Å². The van der Waals surface area contributed by atoms with Crippen LogP contribution in [0.4, 0.5) is 0 Å². The SMILES string of the molecule is C[C@@H]1C[C@@](CN)(CC(=O)O)C[C@@H]1C(C)(C)C. The first-order chi connectivity index (χ1) is 7.20. The molecule has 0 unspecified atom stereocenters. The average molecular weight is 227 g/mol. The molecule has 1 rings (SSSR count). The van der Waals surface area contributed by atoms with Crippen LogP contribution in [0.3, 0.4) is 0 Å². The molecule has 0 spiro atoms. The van der Waals surface area contributed by atoms with Gasteiger partial charge in [0.25, 0.3) is 0 Å². The summed E-state index contributed by atoms with van der Waals surface area (Å²) in [6, 6.07) is 0. The van der Waals surface area contributed by atoms with E-state index in [1.54, 1.807) is 0 Å². The molecule has 16 heavy (non-hydrogen) atoms. The summed E-state index contributed by atoms with van der Waals surface area (Å²) < 4.78 is 0. The molecule has 0 bridgehead atoms. The van der Waals surface area contributed by atoms with Crippen LogP contribution in [0.25, 0.3) is 0 Å². The number of nitrogens with two attached hydrogens (primary N) is 1. The van der Waals surface area contributed by atoms with E-state index in [9.17, 15) is 4.79 Å². The van der Waals surface area contributed by atoms with Crippen molar-refractivity contribution in [3.05, 3.63) is 0 Å². The second-order valence-electron chi connectivity index (χ2n) is 6.63. The van der Waals surface area contributed by atoms with Gasteiger partial charge in [0.1, 0.15) is 0 Å². The lowest BCUT2D eigenvalue weighted by molar-refractivity contribution is -0.139. The van der Waals surface area contributed by atoms with Gasteiger partial charge in [-0.05, 0) is 42.1 Å². The van der Waals surface area contributed by atoms with Gasteiger partial charge in [0.2, 0.25) is 0 Å². The van der Waals surface area contributed by atoms with Gasteiger partial charge in [0.05, 0.1) is 6.42 Å². The molecular weight excluding hydrogens is 202 g/mol. The van der Waals surface area contributed by atoms with Crippen LogP contribution in [0.2, 0.25) is 0 Å². The minimum absolute atomic E-state index is 0.163. The van der Waals surface area contributed by atoms with E-state index in [0.29, 0.717) is 18.4 Å². The number of carbonyl (C=O) groups is 1. The van der Waals surface area contributed by atoms with Crippen LogP contribution in [-0.2, 0) is 4.79 Å². The Morgan fingerprint density at radius 3 is 2.31 bits per heavy atom. The van der Waals surface area contributed by atoms with E-state index >= 15 is 0 Å². The highest BCUT2D eigenvalue weighted by Crippen LogP contribution is 2.53. The van der Waals surface area contributed by atoms with Crippen LogP contribution in [0.1, 0.15) is 47.0 Å². The third-order valence-electron chi connectivity index (χ3n) is 4.17. The van der Waals surface area contributed by atoms with Crippen molar-refractivity contribution in [3.63, 3.8) is 0 Å². The molecule has 0 heterocycles. The van der Waals surface area contributed by atoms with Crippen molar-refractivity contribution in [1.82, 2.24) is 0 Å². The molecule has 0 aromatic carbocycles. The molecule has 3 atom stereocenters. The summed E-state index contributed by atoms with van der Waals surface area (Å²) in [6.07, 6.45) is 2.14. The van der Waals surface area contributed by atoms with Crippen molar-refractivity contribution in [3.8, 4) is 0 Å². The van der Waals surface area contributed by atoms with Crippen molar-refractivity contribution >= 4 is 5.97 Å². The molecule has 1 aliphatic rings. The number of carboxylic acids is 1. The maximum absolute atomic E-state index is 10.9. The molecule has 3 nitrogen and oxygen atoms in total. The minimum atomic E-state index is -0.716. The van der Waals surface area contributed by atoms with E-state index in [0.717, 1.165) is 12.8 Å². The lowest BCUT2D eigenvalue weighted by atomic mass is 9.74.